The minimum absolute atomic E-state index is 0.0972. The first-order valence-corrected chi connectivity index (χ1v) is 11.7. The van der Waals surface area contributed by atoms with Gasteiger partial charge in [-0.3, -0.25) is 0 Å². The summed E-state index contributed by atoms with van der Waals surface area (Å²) in [7, 11) is -3.64. The average molecular weight is 504 g/mol. The van der Waals surface area contributed by atoms with Crippen LogP contribution in [0.25, 0.3) is 0 Å². The van der Waals surface area contributed by atoms with Crippen molar-refractivity contribution < 1.29 is 17.4 Å². The van der Waals surface area contributed by atoms with Gasteiger partial charge in [-0.25, -0.2) is 23.9 Å². The molecule has 1 saturated carbocycles. The third-order valence-corrected chi connectivity index (χ3v) is 6.14. The van der Waals surface area contributed by atoms with Gasteiger partial charge in [-0.15, -0.1) is 0 Å². The molecule has 0 bridgehead atoms. The van der Waals surface area contributed by atoms with Gasteiger partial charge in [-0.1, -0.05) is 0 Å². The lowest BCUT2D eigenvalue weighted by Gasteiger charge is -2.29. The van der Waals surface area contributed by atoms with Crippen molar-refractivity contribution in [3.8, 4) is 0 Å². The summed E-state index contributed by atoms with van der Waals surface area (Å²) >= 11 is 3.11. The van der Waals surface area contributed by atoms with Crippen LogP contribution in [0.1, 0.15) is 37.8 Å². The van der Waals surface area contributed by atoms with Crippen LogP contribution in [-0.2, 0) is 10.2 Å². The van der Waals surface area contributed by atoms with Crippen LogP contribution in [-0.4, -0.2) is 37.2 Å². The maximum absolute atomic E-state index is 13.4. The number of benzene rings is 1. The molecule has 164 valence electrons. The minimum atomic E-state index is -3.64. The summed E-state index contributed by atoms with van der Waals surface area (Å²) in [5, 5.41) is 15.9. The van der Waals surface area contributed by atoms with Crippen molar-refractivity contribution in [2.24, 2.45) is 21.8 Å². The monoisotopic (exact) mass is 503 g/mol. The topological polar surface area (TPSA) is 162 Å². The second-order valence-corrected chi connectivity index (χ2v) is 9.38. The van der Waals surface area contributed by atoms with E-state index in [4.69, 9.17) is 15.5 Å². The molecule has 1 heterocycles. The van der Waals surface area contributed by atoms with Gasteiger partial charge in [0, 0.05) is 12.6 Å². The van der Waals surface area contributed by atoms with Crippen LogP contribution >= 0.6 is 15.9 Å². The molecule has 1 fully saturated rings. The standard InChI is InChI=1S/C17H23BrFN7O3S/c18-13-9-12(5-6-14(13)19)23-16(20)15-17(26-29-25-15)24-11-3-1-10(2-4-11)7-8-22-30(21,27)28/h5-6,9-11,22H,1-4,7-8H2,(H2,20,23)(H,24,26)(H2,21,27,28). The van der Waals surface area contributed by atoms with E-state index in [-0.39, 0.29) is 22.0 Å². The van der Waals surface area contributed by atoms with Gasteiger partial charge < -0.3 is 11.1 Å². The Morgan fingerprint density at radius 2 is 2.03 bits per heavy atom. The Morgan fingerprint density at radius 3 is 2.70 bits per heavy atom. The van der Waals surface area contributed by atoms with E-state index in [0.717, 1.165) is 32.1 Å². The zero-order valence-electron chi connectivity index (χ0n) is 16.0. The third-order valence-electron chi connectivity index (χ3n) is 4.93. The molecule has 0 spiro atoms. The number of nitrogens with two attached hydrogens (primary N) is 2. The fourth-order valence-corrected chi connectivity index (χ4v) is 4.16. The first kappa shape index (κ1) is 22.6. The van der Waals surface area contributed by atoms with E-state index in [9.17, 15) is 12.8 Å². The van der Waals surface area contributed by atoms with Crippen LogP contribution in [0.3, 0.4) is 0 Å². The van der Waals surface area contributed by atoms with Gasteiger partial charge in [0.2, 0.25) is 5.82 Å². The van der Waals surface area contributed by atoms with Crippen molar-refractivity contribution in [2.75, 3.05) is 11.9 Å². The van der Waals surface area contributed by atoms with Crippen LogP contribution in [0.15, 0.2) is 32.3 Å². The first-order valence-electron chi connectivity index (χ1n) is 9.37. The highest BCUT2D eigenvalue weighted by atomic mass is 79.9. The van der Waals surface area contributed by atoms with Gasteiger partial charge in [0.1, 0.15) is 5.82 Å². The Kier molecular flexibility index (Phi) is 7.39. The van der Waals surface area contributed by atoms with Crippen LogP contribution in [0.5, 0.6) is 0 Å². The number of aliphatic imine (C=N–C) groups is 1. The molecule has 6 N–H and O–H groups in total. The third kappa shape index (κ3) is 6.45. The molecule has 1 aliphatic carbocycles. The van der Waals surface area contributed by atoms with Crippen molar-refractivity contribution in [3.63, 3.8) is 0 Å². The van der Waals surface area contributed by atoms with Crippen molar-refractivity contribution in [1.29, 1.82) is 0 Å². The SMILES string of the molecule is NC(=Nc1ccc(F)c(Br)c1)c1nonc1NC1CCC(CCNS(N)(=O)=O)CC1. The number of nitrogens with one attached hydrogen (secondary N) is 2. The van der Waals surface area contributed by atoms with E-state index >= 15 is 0 Å². The Morgan fingerprint density at radius 1 is 1.30 bits per heavy atom. The van der Waals surface area contributed by atoms with Crippen molar-refractivity contribution in [1.82, 2.24) is 15.0 Å². The highest BCUT2D eigenvalue weighted by molar-refractivity contribution is 9.10. The first-order chi connectivity index (χ1) is 14.2. The molecule has 0 atom stereocenters. The number of anilines is 1. The highest BCUT2D eigenvalue weighted by Crippen LogP contribution is 2.29. The molecular formula is C17H23BrFN7O3S. The van der Waals surface area contributed by atoms with E-state index < -0.39 is 16.0 Å². The number of nitrogens with zero attached hydrogens (tertiary/aromatic N) is 3. The summed E-state index contributed by atoms with van der Waals surface area (Å²) in [6.45, 7) is 0.339. The van der Waals surface area contributed by atoms with E-state index in [1.54, 1.807) is 0 Å². The Hall–Kier alpha value is -2.09. The lowest BCUT2D eigenvalue weighted by molar-refractivity contribution is 0.304. The Bertz CT molecular complexity index is 1010. The van der Waals surface area contributed by atoms with Gasteiger partial charge in [0.25, 0.3) is 10.2 Å². The quantitative estimate of drug-likeness (QED) is 0.316. The molecular weight excluding hydrogens is 481 g/mol. The maximum Gasteiger partial charge on any atom is 0.274 e. The number of hydrogen-bond acceptors (Lipinski definition) is 7. The van der Waals surface area contributed by atoms with Crippen LogP contribution in [0.4, 0.5) is 15.9 Å². The molecule has 1 aliphatic rings. The summed E-state index contributed by atoms with van der Waals surface area (Å²) in [6, 6.07) is 4.45. The molecule has 10 nitrogen and oxygen atoms in total. The van der Waals surface area contributed by atoms with Crippen molar-refractivity contribution >= 4 is 43.5 Å². The highest BCUT2D eigenvalue weighted by Gasteiger charge is 2.24. The zero-order chi connectivity index (χ0) is 21.7. The molecule has 0 amide bonds. The van der Waals surface area contributed by atoms with Crippen molar-refractivity contribution in [2.45, 2.75) is 38.1 Å². The summed E-state index contributed by atoms with van der Waals surface area (Å²) in [6.07, 6.45) is 4.39. The second kappa shape index (κ2) is 9.81. The summed E-state index contributed by atoms with van der Waals surface area (Å²) in [5.41, 5.74) is 6.80. The molecule has 1 aromatic heterocycles. The fraction of sp³-hybridized carbons (Fsp3) is 0.471. The van der Waals surface area contributed by atoms with E-state index in [1.165, 1.54) is 18.2 Å². The van der Waals surface area contributed by atoms with E-state index in [1.807, 2.05) is 0 Å². The molecule has 0 unspecified atom stereocenters. The molecule has 0 radical (unpaired) electrons. The van der Waals surface area contributed by atoms with Gasteiger partial charge in [0.05, 0.1) is 10.2 Å². The lowest BCUT2D eigenvalue weighted by Crippen LogP contribution is -2.33. The number of halogens is 2. The predicted octanol–water partition coefficient (Wildman–Crippen LogP) is 2.16. The number of amidine groups is 1. The molecule has 1 aromatic carbocycles. The summed E-state index contributed by atoms with van der Waals surface area (Å²) in [5.74, 6) is 0.529. The molecule has 0 aliphatic heterocycles. The van der Waals surface area contributed by atoms with E-state index in [0.29, 0.717) is 24.0 Å². The Labute approximate surface area is 182 Å². The predicted molar refractivity (Wildman–Crippen MR) is 114 cm³/mol. The summed E-state index contributed by atoms with van der Waals surface area (Å²) < 4.78 is 42.7. The zero-order valence-corrected chi connectivity index (χ0v) is 18.4. The van der Waals surface area contributed by atoms with Crippen LogP contribution in [0, 0.1) is 11.7 Å². The fourth-order valence-electron chi connectivity index (χ4n) is 3.39. The molecule has 3 rings (SSSR count). The normalized spacial score (nSPS) is 20.3. The number of hydrogen-bond donors (Lipinski definition) is 4. The summed E-state index contributed by atoms with van der Waals surface area (Å²) in [4.78, 5) is 4.25. The van der Waals surface area contributed by atoms with Gasteiger partial charge >= 0.3 is 0 Å². The van der Waals surface area contributed by atoms with Crippen LogP contribution in [0.2, 0.25) is 0 Å². The Balaban J connectivity index is 1.56. The molecule has 13 heteroatoms. The van der Waals surface area contributed by atoms with E-state index in [2.05, 4.69) is 41.3 Å². The number of aromatic nitrogens is 2. The lowest BCUT2D eigenvalue weighted by atomic mass is 9.84. The smallest absolute Gasteiger partial charge is 0.274 e. The van der Waals surface area contributed by atoms with Gasteiger partial charge in [-0.05, 0) is 82.5 Å². The molecule has 2 aromatic rings. The van der Waals surface area contributed by atoms with Gasteiger partial charge in [0.15, 0.2) is 11.5 Å². The van der Waals surface area contributed by atoms with Gasteiger partial charge in [-0.2, -0.15) is 8.42 Å². The molecule has 0 saturated heterocycles. The maximum atomic E-state index is 13.4. The minimum Gasteiger partial charge on any atom is -0.382 e. The number of rotatable bonds is 8. The van der Waals surface area contributed by atoms with Crippen LogP contribution < -0.4 is 20.9 Å². The molecule has 30 heavy (non-hydrogen) atoms. The largest absolute Gasteiger partial charge is 0.382 e. The average Bonchev–Trinajstić information content (AvgIpc) is 3.13. The van der Waals surface area contributed by atoms with Crippen molar-refractivity contribution in [3.05, 3.63) is 34.2 Å². The second-order valence-electron chi connectivity index (χ2n) is 7.15.